The van der Waals surface area contributed by atoms with Gasteiger partial charge in [0.05, 0.1) is 0 Å². The second kappa shape index (κ2) is 26.4. The molecule has 0 saturated carbocycles. The molecule has 0 unspecified atom stereocenters. The Morgan fingerprint density at radius 1 is 0.583 bits per heavy atom. The van der Waals surface area contributed by atoms with E-state index in [4.69, 9.17) is 0 Å². The number of unbranched alkanes of at least 4 members (excludes halogenated alkanes) is 1. The van der Waals surface area contributed by atoms with E-state index < -0.39 is 0 Å². The lowest BCUT2D eigenvalue weighted by Crippen LogP contribution is -2.35. The van der Waals surface area contributed by atoms with Gasteiger partial charge in [0.25, 0.3) is 0 Å². The van der Waals surface area contributed by atoms with Crippen LogP contribution in [0.3, 0.4) is 0 Å². The molecule has 0 aliphatic carbocycles. The van der Waals surface area contributed by atoms with Gasteiger partial charge in [-0.15, -0.1) is 0 Å². The molecule has 0 aliphatic heterocycles. The zero-order valence-electron chi connectivity index (χ0n) is 24.0. The van der Waals surface area contributed by atoms with E-state index in [1.54, 1.807) is 0 Å². The van der Waals surface area contributed by atoms with E-state index in [-0.39, 0.29) is 11.8 Å². The number of amides is 2. The number of hydrogen-bond acceptors (Lipinski definition) is 5. The lowest BCUT2D eigenvalue weighted by molar-refractivity contribution is -0.132. The summed E-state index contributed by atoms with van der Waals surface area (Å²) >= 11 is 0. The summed E-state index contributed by atoms with van der Waals surface area (Å²) in [7, 11) is 3.91. The first-order valence-electron chi connectivity index (χ1n) is 14.5. The van der Waals surface area contributed by atoms with Gasteiger partial charge in [-0.25, -0.2) is 0 Å². The highest BCUT2D eigenvalue weighted by atomic mass is 16.2. The molecular formula is C29H57N5O2. The molecule has 0 aromatic heterocycles. The first-order chi connectivity index (χ1) is 17.6. The second-order valence-corrected chi connectivity index (χ2v) is 9.32. The van der Waals surface area contributed by atoms with Gasteiger partial charge < -0.3 is 25.8 Å². The predicted molar refractivity (Wildman–Crippen MR) is 154 cm³/mol. The van der Waals surface area contributed by atoms with Gasteiger partial charge >= 0.3 is 0 Å². The minimum atomic E-state index is 0.264. The van der Waals surface area contributed by atoms with Crippen LogP contribution in [0.1, 0.15) is 84.5 Å². The first-order valence-corrected chi connectivity index (χ1v) is 14.5. The fourth-order valence-electron chi connectivity index (χ4n) is 3.99. The quantitative estimate of drug-likeness (QED) is 0.128. The number of allylic oxidation sites excluding steroid dienone is 4. The van der Waals surface area contributed by atoms with Crippen molar-refractivity contribution >= 4 is 11.8 Å². The van der Waals surface area contributed by atoms with Crippen molar-refractivity contribution in [3.05, 3.63) is 24.3 Å². The van der Waals surface area contributed by atoms with Crippen LogP contribution in [-0.4, -0.2) is 88.1 Å². The van der Waals surface area contributed by atoms with Crippen LogP contribution in [-0.2, 0) is 9.59 Å². The third kappa shape index (κ3) is 20.5. The maximum absolute atomic E-state index is 12.6. The van der Waals surface area contributed by atoms with Gasteiger partial charge in [-0.2, -0.15) is 0 Å². The molecule has 0 aromatic rings. The highest BCUT2D eigenvalue weighted by Gasteiger charge is 2.13. The monoisotopic (exact) mass is 507 g/mol. The van der Waals surface area contributed by atoms with E-state index in [0.717, 1.165) is 110 Å². The van der Waals surface area contributed by atoms with Crippen molar-refractivity contribution in [1.82, 2.24) is 25.8 Å². The Labute approximate surface area is 222 Å². The van der Waals surface area contributed by atoms with Gasteiger partial charge in [0.2, 0.25) is 11.8 Å². The van der Waals surface area contributed by atoms with Crippen molar-refractivity contribution in [2.75, 3.05) is 66.5 Å². The third-order valence-electron chi connectivity index (χ3n) is 6.08. The highest BCUT2D eigenvalue weighted by Crippen LogP contribution is 2.05. The molecule has 2 amide bonds. The van der Waals surface area contributed by atoms with Crippen LogP contribution in [0.5, 0.6) is 0 Å². The Balaban J connectivity index is 4.23. The number of rotatable bonds is 25. The maximum Gasteiger partial charge on any atom is 0.222 e. The summed E-state index contributed by atoms with van der Waals surface area (Å²) in [6.07, 6.45) is 18.4. The Hall–Kier alpha value is -1.70. The summed E-state index contributed by atoms with van der Waals surface area (Å²) in [5, 5.41) is 9.87. The van der Waals surface area contributed by atoms with E-state index >= 15 is 0 Å². The second-order valence-electron chi connectivity index (χ2n) is 9.32. The lowest BCUT2D eigenvalue weighted by Gasteiger charge is -2.23. The van der Waals surface area contributed by atoms with Crippen molar-refractivity contribution in [3.8, 4) is 0 Å². The number of nitrogens with zero attached hydrogens (tertiary/aromatic N) is 2. The molecule has 0 bridgehead atoms. The molecular weight excluding hydrogens is 450 g/mol. The molecule has 0 aliphatic rings. The molecule has 210 valence electrons. The smallest absolute Gasteiger partial charge is 0.222 e. The molecule has 0 saturated heterocycles. The molecule has 0 atom stereocenters. The molecule has 36 heavy (non-hydrogen) atoms. The van der Waals surface area contributed by atoms with Crippen LogP contribution in [0.4, 0.5) is 0 Å². The summed E-state index contributed by atoms with van der Waals surface area (Å²) in [5.41, 5.74) is 0. The van der Waals surface area contributed by atoms with Gasteiger partial charge in [0.15, 0.2) is 0 Å². The Kier molecular flexibility index (Phi) is 25.1. The Morgan fingerprint density at radius 2 is 1.00 bits per heavy atom. The first kappa shape index (κ1) is 34.3. The molecule has 0 rings (SSSR count). The third-order valence-corrected chi connectivity index (χ3v) is 6.08. The summed E-state index contributed by atoms with van der Waals surface area (Å²) < 4.78 is 0. The number of carbonyl (C=O) groups excluding carboxylic acids is 2. The highest BCUT2D eigenvalue weighted by molar-refractivity contribution is 5.76. The van der Waals surface area contributed by atoms with Crippen LogP contribution in [0.2, 0.25) is 0 Å². The van der Waals surface area contributed by atoms with Crippen LogP contribution < -0.4 is 16.0 Å². The zero-order valence-corrected chi connectivity index (χ0v) is 24.0. The molecule has 7 nitrogen and oxygen atoms in total. The van der Waals surface area contributed by atoms with Gasteiger partial charge in [-0.1, -0.05) is 38.2 Å². The van der Waals surface area contributed by atoms with Crippen LogP contribution in [0, 0.1) is 0 Å². The van der Waals surface area contributed by atoms with Gasteiger partial charge in [-0.05, 0) is 98.1 Å². The minimum absolute atomic E-state index is 0.264. The van der Waals surface area contributed by atoms with Crippen LogP contribution in [0.25, 0.3) is 0 Å². The molecule has 0 aromatic carbocycles. The van der Waals surface area contributed by atoms with E-state index in [9.17, 15) is 9.59 Å². The number of hydrogen-bond donors (Lipinski definition) is 3. The van der Waals surface area contributed by atoms with Crippen molar-refractivity contribution in [2.45, 2.75) is 84.5 Å². The summed E-state index contributed by atoms with van der Waals surface area (Å²) in [5.74, 6) is 0.535. The predicted octanol–water partition coefficient (Wildman–Crippen LogP) is 4.12. The summed E-state index contributed by atoms with van der Waals surface area (Å²) in [6, 6.07) is 0. The van der Waals surface area contributed by atoms with Crippen LogP contribution in [0.15, 0.2) is 24.3 Å². The molecule has 0 fully saturated rings. The average Bonchev–Trinajstić information content (AvgIpc) is 2.88. The summed E-state index contributed by atoms with van der Waals surface area (Å²) in [6.45, 7) is 11.3. The van der Waals surface area contributed by atoms with Crippen molar-refractivity contribution in [1.29, 1.82) is 0 Å². The number of nitrogens with one attached hydrogen (secondary N) is 3. The number of carbonyl (C=O) groups is 2. The van der Waals surface area contributed by atoms with E-state index in [1.807, 2.05) is 23.9 Å². The standard InChI is InChI=1S/C29H57N5O2/c1-5-7-9-11-18-28(35)33(25-15-20-30-3)24-14-13-22-32-23-17-27-34(26-16-21-31-4)29(36)19-12-10-8-6-2/h7-10,30-32H,5-6,11-27H2,1-4H3/b9-7-,10-8-. The fraction of sp³-hybridized carbons (Fsp3) is 0.793. The SMILES string of the molecule is CC/C=C\CCC(=O)N(CCCCNCCCN(CCCNC)C(=O)CC/C=C\CC)CCCNC. The molecule has 0 radical (unpaired) electrons. The Morgan fingerprint density at radius 3 is 1.44 bits per heavy atom. The topological polar surface area (TPSA) is 76.7 Å². The van der Waals surface area contributed by atoms with Gasteiger partial charge in [0.1, 0.15) is 0 Å². The van der Waals surface area contributed by atoms with E-state index in [2.05, 4.69) is 54.1 Å². The Bertz CT molecular complexity index is 530. The molecule has 0 heterocycles. The van der Waals surface area contributed by atoms with Crippen LogP contribution >= 0.6 is 0 Å². The largest absolute Gasteiger partial charge is 0.343 e. The van der Waals surface area contributed by atoms with Crippen molar-refractivity contribution < 1.29 is 9.59 Å². The van der Waals surface area contributed by atoms with Crippen molar-refractivity contribution in [3.63, 3.8) is 0 Å². The zero-order chi connectivity index (χ0) is 26.7. The fourth-order valence-corrected chi connectivity index (χ4v) is 3.99. The van der Waals surface area contributed by atoms with E-state index in [1.165, 1.54) is 0 Å². The minimum Gasteiger partial charge on any atom is -0.343 e. The van der Waals surface area contributed by atoms with E-state index in [0.29, 0.717) is 12.8 Å². The molecule has 7 heteroatoms. The van der Waals surface area contributed by atoms with Gasteiger partial charge in [-0.3, -0.25) is 9.59 Å². The lowest BCUT2D eigenvalue weighted by atomic mass is 10.2. The maximum atomic E-state index is 12.6. The summed E-state index contributed by atoms with van der Waals surface area (Å²) in [4.78, 5) is 29.3. The van der Waals surface area contributed by atoms with Gasteiger partial charge in [0, 0.05) is 39.0 Å². The normalized spacial score (nSPS) is 11.6. The van der Waals surface area contributed by atoms with Crippen molar-refractivity contribution in [2.24, 2.45) is 0 Å². The molecule has 3 N–H and O–H groups in total. The average molecular weight is 508 g/mol. The molecule has 0 spiro atoms.